The van der Waals surface area contributed by atoms with Crippen LogP contribution >= 0.6 is 11.6 Å². The Morgan fingerprint density at radius 1 is 1.17 bits per heavy atom. The van der Waals surface area contributed by atoms with E-state index in [9.17, 15) is 4.39 Å². The molecule has 23 heavy (non-hydrogen) atoms. The lowest BCUT2D eigenvalue weighted by Gasteiger charge is -2.12. The van der Waals surface area contributed by atoms with Gasteiger partial charge in [-0.05, 0) is 41.8 Å². The molecule has 2 aromatic carbocycles. The van der Waals surface area contributed by atoms with Crippen molar-refractivity contribution in [1.29, 1.82) is 0 Å². The van der Waals surface area contributed by atoms with Crippen molar-refractivity contribution in [3.05, 3.63) is 70.3 Å². The van der Waals surface area contributed by atoms with Gasteiger partial charge in [-0.3, -0.25) is 4.57 Å². The second-order valence-corrected chi connectivity index (χ2v) is 6.03. The number of hydrogen-bond donors (Lipinski definition) is 0. The summed E-state index contributed by atoms with van der Waals surface area (Å²) < 4.78 is 21.9. The highest BCUT2D eigenvalue weighted by atomic mass is 35.5. The van der Waals surface area contributed by atoms with Gasteiger partial charge < -0.3 is 4.74 Å². The maximum atomic E-state index is 14.6. The SMILES string of the molecule is Cc1ccc(Cl)c(-c2nccn2-c2ccc3c(c2)COC3)c1F. The van der Waals surface area contributed by atoms with E-state index in [1.54, 1.807) is 25.3 Å². The van der Waals surface area contributed by atoms with Gasteiger partial charge in [0, 0.05) is 18.1 Å². The van der Waals surface area contributed by atoms with E-state index in [2.05, 4.69) is 11.1 Å². The number of ether oxygens (including phenoxy) is 1. The molecule has 3 nitrogen and oxygen atoms in total. The second kappa shape index (κ2) is 5.48. The lowest BCUT2D eigenvalue weighted by Crippen LogP contribution is -2.01. The van der Waals surface area contributed by atoms with Crippen molar-refractivity contribution in [1.82, 2.24) is 9.55 Å². The molecule has 0 bridgehead atoms. The van der Waals surface area contributed by atoms with Crippen LogP contribution in [0.1, 0.15) is 16.7 Å². The van der Waals surface area contributed by atoms with Crippen LogP contribution in [0.15, 0.2) is 42.7 Å². The molecular formula is C18H14ClFN2O. The number of imidazole rings is 1. The first-order valence-corrected chi connectivity index (χ1v) is 7.71. The summed E-state index contributed by atoms with van der Waals surface area (Å²) in [6, 6.07) is 9.44. The predicted octanol–water partition coefficient (Wildman–Crippen LogP) is 4.67. The standard InChI is InChI=1S/C18H14ClFN2O/c1-11-2-5-15(19)16(17(11)20)18-21-6-7-22(18)14-4-3-12-9-23-10-13(12)8-14/h2-8H,9-10H2,1H3. The van der Waals surface area contributed by atoms with Gasteiger partial charge in [-0.1, -0.05) is 23.7 Å². The van der Waals surface area contributed by atoms with E-state index in [1.807, 2.05) is 22.9 Å². The van der Waals surface area contributed by atoms with Gasteiger partial charge in [0.25, 0.3) is 0 Å². The Morgan fingerprint density at radius 3 is 2.87 bits per heavy atom. The summed E-state index contributed by atoms with van der Waals surface area (Å²) in [4.78, 5) is 4.33. The molecule has 0 N–H and O–H groups in total. The van der Waals surface area contributed by atoms with Crippen LogP contribution in [0.3, 0.4) is 0 Å². The molecule has 0 saturated carbocycles. The van der Waals surface area contributed by atoms with Crippen LogP contribution in [-0.2, 0) is 18.0 Å². The average Bonchev–Trinajstić information content (AvgIpc) is 3.19. The minimum Gasteiger partial charge on any atom is -0.372 e. The van der Waals surface area contributed by atoms with Gasteiger partial charge in [0.15, 0.2) is 0 Å². The Labute approximate surface area is 138 Å². The monoisotopic (exact) mass is 328 g/mol. The Balaban J connectivity index is 1.89. The number of fused-ring (bicyclic) bond motifs is 1. The van der Waals surface area contributed by atoms with E-state index in [0.29, 0.717) is 35.2 Å². The maximum absolute atomic E-state index is 14.6. The van der Waals surface area contributed by atoms with Gasteiger partial charge in [0.2, 0.25) is 0 Å². The molecule has 0 amide bonds. The molecule has 0 aliphatic carbocycles. The smallest absolute Gasteiger partial charge is 0.148 e. The van der Waals surface area contributed by atoms with Gasteiger partial charge in [-0.2, -0.15) is 0 Å². The van der Waals surface area contributed by atoms with Crippen molar-refractivity contribution < 1.29 is 9.13 Å². The molecule has 116 valence electrons. The molecule has 0 atom stereocenters. The van der Waals surface area contributed by atoms with Crippen molar-refractivity contribution in [3.8, 4) is 17.1 Å². The summed E-state index contributed by atoms with van der Waals surface area (Å²) in [5.74, 6) is 0.157. The fourth-order valence-electron chi connectivity index (χ4n) is 2.87. The summed E-state index contributed by atoms with van der Waals surface area (Å²) in [7, 11) is 0. The van der Waals surface area contributed by atoms with E-state index in [0.717, 1.165) is 11.3 Å². The van der Waals surface area contributed by atoms with Crippen molar-refractivity contribution in [2.75, 3.05) is 0 Å². The Bertz CT molecular complexity index is 904. The summed E-state index contributed by atoms with van der Waals surface area (Å²) >= 11 is 6.23. The highest BCUT2D eigenvalue weighted by Gasteiger charge is 2.19. The molecule has 5 heteroatoms. The molecule has 4 rings (SSSR count). The molecule has 1 aliphatic heterocycles. The number of aryl methyl sites for hydroxylation is 1. The first-order valence-electron chi connectivity index (χ1n) is 7.33. The number of halogens is 2. The largest absolute Gasteiger partial charge is 0.372 e. The Kier molecular flexibility index (Phi) is 3.43. The third-order valence-corrected chi connectivity index (χ3v) is 4.45. The molecule has 0 spiro atoms. The average molecular weight is 329 g/mol. The van der Waals surface area contributed by atoms with Crippen molar-refractivity contribution in [2.24, 2.45) is 0 Å². The van der Waals surface area contributed by atoms with Crippen molar-refractivity contribution in [2.45, 2.75) is 20.1 Å². The number of rotatable bonds is 2. The normalized spacial score (nSPS) is 13.3. The molecular weight excluding hydrogens is 315 g/mol. The Morgan fingerprint density at radius 2 is 2.00 bits per heavy atom. The van der Waals surface area contributed by atoms with Gasteiger partial charge >= 0.3 is 0 Å². The third-order valence-electron chi connectivity index (χ3n) is 4.13. The number of benzene rings is 2. The van der Waals surface area contributed by atoms with E-state index in [1.165, 1.54) is 5.56 Å². The van der Waals surface area contributed by atoms with Crippen LogP contribution in [0, 0.1) is 12.7 Å². The first kappa shape index (κ1) is 14.4. The van der Waals surface area contributed by atoms with Gasteiger partial charge in [0.05, 0.1) is 23.8 Å². The van der Waals surface area contributed by atoms with Crippen LogP contribution in [0.25, 0.3) is 17.1 Å². The molecule has 3 aromatic rings. The molecule has 0 unspecified atom stereocenters. The molecule has 1 aromatic heterocycles. The topological polar surface area (TPSA) is 27.1 Å². The summed E-state index contributed by atoms with van der Waals surface area (Å²) in [5, 5.41) is 0.352. The van der Waals surface area contributed by atoms with Crippen molar-refractivity contribution >= 4 is 11.6 Å². The predicted molar refractivity (Wildman–Crippen MR) is 87.2 cm³/mol. The zero-order chi connectivity index (χ0) is 16.0. The van der Waals surface area contributed by atoms with E-state index >= 15 is 0 Å². The van der Waals surface area contributed by atoms with E-state index in [-0.39, 0.29) is 5.82 Å². The van der Waals surface area contributed by atoms with Crippen LogP contribution in [0.2, 0.25) is 5.02 Å². The maximum Gasteiger partial charge on any atom is 0.148 e. The molecule has 2 heterocycles. The van der Waals surface area contributed by atoms with Crippen LogP contribution in [0.4, 0.5) is 4.39 Å². The van der Waals surface area contributed by atoms with E-state index in [4.69, 9.17) is 16.3 Å². The summed E-state index contributed by atoms with van der Waals surface area (Å²) in [5.41, 5.74) is 4.13. The summed E-state index contributed by atoms with van der Waals surface area (Å²) in [6.07, 6.45) is 3.46. The highest BCUT2D eigenvalue weighted by molar-refractivity contribution is 6.33. The van der Waals surface area contributed by atoms with Gasteiger partial charge in [-0.25, -0.2) is 9.37 Å². The molecule has 1 aliphatic rings. The fourth-order valence-corrected chi connectivity index (χ4v) is 3.10. The molecule has 0 fully saturated rings. The second-order valence-electron chi connectivity index (χ2n) is 5.62. The Hall–Kier alpha value is -2.17. The summed E-state index contributed by atoms with van der Waals surface area (Å²) in [6.45, 7) is 2.96. The minimum absolute atomic E-state index is 0.327. The van der Waals surface area contributed by atoms with Crippen LogP contribution in [0.5, 0.6) is 0 Å². The number of aromatic nitrogens is 2. The highest BCUT2D eigenvalue weighted by Crippen LogP contribution is 2.33. The first-order chi connectivity index (χ1) is 11.1. The fraction of sp³-hybridized carbons (Fsp3) is 0.167. The number of nitrogens with zero attached hydrogens (tertiary/aromatic N) is 2. The molecule has 0 saturated heterocycles. The minimum atomic E-state index is -0.338. The van der Waals surface area contributed by atoms with Gasteiger partial charge in [-0.15, -0.1) is 0 Å². The molecule has 0 radical (unpaired) electrons. The lowest BCUT2D eigenvalue weighted by atomic mass is 10.1. The van der Waals surface area contributed by atoms with Crippen LogP contribution in [-0.4, -0.2) is 9.55 Å². The van der Waals surface area contributed by atoms with E-state index < -0.39 is 0 Å². The number of hydrogen-bond acceptors (Lipinski definition) is 2. The van der Waals surface area contributed by atoms with Gasteiger partial charge in [0.1, 0.15) is 11.6 Å². The zero-order valence-corrected chi connectivity index (χ0v) is 13.3. The quantitative estimate of drug-likeness (QED) is 0.683. The van der Waals surface area contributed by atoms with Crippen LogP contribution < -0.4 is 0 Å². The van der Waals surface area contributed by atoms with Crippen molar-refractivity contribution in [3.63, 3.8) is 0 Å². The lowest BCUT2D eigenvalue weighted by molar-refractivity contribution is 0.134. The third kappa shape index (κ3) is 2.35. The zero-order valence-electron chi connectivity index (χ0n) is 12.5.